The molecule has 3 aromatic rings. The molecule has 0 heterocycles. The number of halogens is 2. The topological polar surface area (TPSA) is 56.8 Å². The molecule has 1 N–H and O–H groups in total. The minimum atomic E-state index is -0.852. The number of hydrogen-bond donors (Lipinski definition) is 1. The summed E-state index contributed by atoms with van der Waals surface area (Å²) in [6.45, 7) is 0.154. The Labute approximate surface area is 166 Å². The Hall–Kier alpha value is -3.61. The molecule has 29 heavy (non-hydrogen) atoms. The van der Waals surface area contributed by atoms with E-state index in [1.807, 2.05) is 0 Å². The molecular weight excluding hydrogens is 380 g/mol. The van der Waals surface area contributed by atoms with E-state index in [0.717, 1.165) is 6.07 Å². The lowest BCUT2D eigenvalue weighted by Gasteiger charge is -2.13. The van der Waals surface area contributed by atoms with Crippen LogP contribution in [0.5, 0.6) is 17.2 Å². The van der Waals surface area contributed by atoms with E-state index in [9.17, 15) is 13.6 Å². The van der Waals surface area contributed by atoms with Crippen LogP contribution in [0.4, 0.5) is 14.5 Å². The van der Waals surface area contributed by atoms with E-state index in [4.69, 9.17) is 14.2 Å². The van der Waals surface area contributed by atoms with Gasteiger partial charge in [-0.05, 0) is 54.6 Å². The Morgan fingerprint density at radius 3 is 2.28 bits per heavy atom. The van der Waals surface area contributed by atoms with E-state index >= 15 is 0 Å². The lowest BCUT2D eigenvalue weighted by molar-refractivity contribution is 0.102. The van der Waals surface area contributed by atoms with Gasteiger partial charge in [-0.25, -0.2) is 8.78 Å². The maximum atomic E-state index is 13.8. The van der Waals surface area contributed by atoms with Crippen molar-refractivity contribution >= 4 is 11.6 Å². The first-order chi connectivity index (χ1) is 14.0. The first-order valence-electron chi connectivity index (χ1n) is 8.70. The van der Waals surface area contributed by atoms with Crippen LogP contribution in [0.3, 0.4) is 0 Å². The molecule has 0 saturated carbocycles. The number of anilines is 1. The molecule has 7 heteroatoms. The highest BCUT2D eigenvalue weighted by molar-refractivity contribution is 6.04. The summed E-state index contributed by atoms with van der Waals surface area (Å²) in [6.07, 6.45) is 0. The second kappa shape index (κ2) is 9.05. The Bertz CT molecular complexity index is 1010. The summed E-state index contributed by atoms with van der Waals surface area (Å²) >= 11 is 0. The predicted molar refractivity (Wildman–Crippen MR) is 105 cm³/mol. The summed E-state index contributed by atoms with van der Waals surface area (Å²) in [5.41, 5.74) is 0.807. The molecule has 0 saturated heterocycles. The van der Waals surface area contributed by atoms with E-state index in [0.29, 0.717) is 28.9 Å². The molecule has 150 valence electrons. The van der Waals surface area contributed by atoms with Crippen molar-refractivity contribution < 1.29 is 27.8 Å². The number of hydrogen-bond acceptors (Lipinski definition) is 4. The van der Waals surface area contributed by atoms with Gasteiger partial charge in [0.15, 0.2) is 0 Å². The normalized spacial score (nSPS) is 10.3. The van der Waals surface area contributed by atoms with E-state index < -0.39 is 17.5 Å². The van der Waals surface area contributed by atoms with Gasteiger partial charge in [-0.2, -0.15) is 0 Å². The van der Waals surface area contributed by atoms with E-state index in [1.54, 1.807) is 49.6 Å². The third kappa shape index (κ3) is 5.01. The quantitative estimate of drug-likeness (QED) is 0.619. The Balaban J connectivity index is 1.75. The molecule has 0 unspecified atom stereocenters. The minimum absolute atomic E-state index is 0.108. The average molecular weight is 399 g/mol. The van der Waals surface area contributed by atoms with Gasteiger partial charge in [-0.15, -0.1) is 0 Å². The highest BCUT2D eigenvalue weighted by atomic mass is 19.1. The molecule has 3 aromatic carbocycles. The zero-order valence-electron chi connectivity index (χ0n) is 15.9. The third-order valence-corrected chi connectivity index (χ3v) is 4.18. The highest BCUT2D eigenvalue weighted by Crippen LogP contribution is 2.24. The number of nitrogens with one attached hydrogen (secondary N) is 1. The van der Waals surface area contributed by atoms with Gasteiger partial charge in [0.1, 0.15) is 35.5 Å². The van der Waals surface area contributed by atoms with Crippen molar-refractivity contribution in [3.05, 3.63) is 83.4 Å². The Morgan fingerprint density at radius 1 is 0.897 bits per heavy atom. The van der Waals surface area contributed by atoms with Gasteiger partial charge in [0.05, 0.1) is 19.9 Å². The van der Waals surface area contributed by atoms with E-state index in [-0.39, 0.29) is 17.9 Å². The van der Waals surface area contributed by atoms with Crippen molar-refractivity contribution in [2.24, 2.45) is 0 Å². The molecule has 0 atom stereocenters. The van der Waals surface area contributed by atoms with Crippen LogP contribution in [0.25, 0.3) is 0 Å². The van der Waals surface area contributed by atoms with Gasteiger partial charge in [-0.3, -0.25) is 4.79 Å². The smallest absolute Gasteiger partial charge is 0.255 e. The molecule has 5 nitrogen and oxygen atoms in total. The molecule has 0 radical (unpaired) electrons. The number of rotatable bonds is 7. The van der Waals surface area contributed by atoms with Crippen molar-refractivity contribution in [1.29, 1.82) is 0 Å². The van der Waals surface area contributed by atoms with Crippen molar-refractivity contribution in [2.45, 2.75) is 6.61 Å². The molecule has 0 aromatic heterocycles. The van der Waals surface area contributed by atoms with Crippen LogP contribution in [0.2, 0.25) is 0 Å². The summed E-state index contributed by atoms with van der Waals surface area (Å²) in [5, 5.41) is 2.43. The molecule has 3 rings (SSSR count). The zero-order chi connectivity index (χ0) is 20.8. The lowest BCUT2D eigenvalue weighted by atomic mass is 10.1. The number of methoxy groups -OCH3 is 2. The van der Waals surface area contributed by atoms with E-state index in [1.165, 1.54) is 13.2 Å². The molecule has 0 aliphatic rings. The first-order valence-corrected chi connectivity index (χ1v) is 8.70. The molecular formula is C22H19F2NO4. The van der Waals surface area contributed by atoms with Crippen molar-refractivity contribution in [2.75, 3.05) is 19.5 Å². The summed E-state index contributed by atoms with van der Waals surface area (Å²) in [6, 6.07) is 14.8. The fraction of sp³-hybridized carbons (Fsp3) is 0.136. The highest BCUT2D eigenvalue weighted by Gasteiger charge is 2.13. The molecule has 0 aliphatic heterocycles. The minimum Gasteiger partial charge on any atom is -0.497 e. The van der Waals surface area contributed by atoms with Crippen LogP contribution in [0.1, 0.15) is 15.9 Å². The van der Waals surface area contributed by atoms with Crippen LogP contribution in [-0.2, 0) is 6.61 Å². The van der Waals surface area contributed by atoms with Gasteiger partial charge in [0, 0.05) is 17.2 Å². The Morgan fingerprint density at radius 2 is 1.62 bits per heavy atom. The summed E-state index contributed by atoms with van der Waals surface area (Å²) in [4.78, 5) is 12.5. The van der Waals surface area contributed by atoms with Gasteiger partial charge in [-0.1, -0.05) is 0 Å². The maximum absolute atomic E-state index is 13.8. The lowest BCUT2D eigenvalue weighted by Crippen LogP contribution is -2.14. The first kappa shape index (κ1) is 20.1. The van der Waals surface area contributed by atoms with Crippen molar-refractivity contribution in [3.63, 3.8) is 0 Å². The van der Waals surface area contributed by atoms with Gasteiger partial charge < -0.3 is 19.5 Å². The molecule has 0 spiro atoms. The fourth-order valence-corrected chi connectivity index (χ4v) is 2.65. The van der Waals surface area contributed by atoms with Gasteiger partial charge in [0.2, 0.25) is 0 Å². The third-order valence-electron chi connectivity index (χ3n) is 4.18. The summed E-state index contributed by atoms with van der Waals surface area (Å²) in [5.74, 6) is -0.234. The Kier molecular flexibility index (Phi) is 6.29. The molecule has 0 fully saturated rings. The zero-order valence-corrected chi connectivity index (χ0v) is 15.9. The van der Waals surface area contributed by atoms with Gasteiger partial charge in [0.25, 0.3) is 5.91 Å². The molecule has 1 amide bonds. The second-order valence-electron chi connectivity index (χ2n) is 6.07. The van der Waals surface area contributed by atoms with Crippen molar-refractivity contribution in [1.82, 2.24) is 0 Å². The maximum Gasteiger partial charge on any atom is 0.255 e. The number of carbonyl (C=O) groups excluding carboxylic acids is 1. The average Bonchev–Trinajstić information content (AvgIpc) is 2.74. The monoisotopic (exact) mass is 399 g/mol. The summed E-state index contributed by atoms with van der Waals surface area (Å²) in [7, 11) is 3.09. The van der Waals surface area contributed by atoms with Crippen LogP contribution in [0.15, 0.2) is 60.7 Å². The van der Waals surface area contributed by atoms with Crippen LogP contribution in [0, 0.1) is 11.6 Å². The number of carbonyl (C=O) groups is 1. The molecule has 0 bridgehead atoms. The van der Waals surface area contributed by atoms with Crippen LogP contribution in [-0.4, -0.2) is 20.1 Å². The van der Waals surface area contributed by atoms with Crippen molar-refractivity contribution in [3.8, 4) is 17.2 Å². The van der Waals surface area contributed by atoms with E-state index in [2.05, 4.69) is 5.32 Å². The molecule has 0 aliphatic carbocycles. The van der Waals surface area contributed by atoms with Crippen LogP contribution < -0.4 is 19.5 Å². The largest absolute Gasteiger partial charge is 0.497 e. The van der Waals surface area contributed by atoms with Crippen LogP contribution >= 0.6 is 0 Å². The standard InChI is InChI=1S/C22H19F2NO4/c1-27-17-5-7-18(8-6-17)29-13-15-11-14(3-10-21(15)28-2)22(26)25-20-9-4-16(23)12-19(20)24/h3-12H,13H2,1-2H3,(H,25,26). The number of benzene rings is 3. The number of amides is 1. The number of ether oxygens (including phenoxy) is 3. The van der Waals surface area contributed by atoms with Gasteiger partial charge >= 0.3 is 0 Å². The second-order valence-corrected chi connectivity index (χ2v) is 6.07. The summed E-state index contributed by atoms with van der Waals surface area (Å²) < 4.78 is 43.0. The fourth-order valence-electron chi connectivity index (χ4n) is 2.65. The predicted octanol–water partition coefficient (Wildman–Crippen LogP) is 4.81. The SMILES string of the molecule is COc1ccc(OCc2cc(C(=O)Nc3ccc(F)cc3F)ccc2OC)cc1.